The number of aromatic nitrogens is 3. The van der Waals surface area contributed by atoms with E-state index in [1.54, 1.807) is 18.2 Å². The minimum atomic E-state index is -0.463. The van der Waals surface area contributed by atoms with Crippen LogP contribution in [0.3, 0.4) is 0 Å². The summed E-state index contributed by atoms with van der Waals surface area (Å²) in [6.45, 7) is 1.12. The molecule has 5 rings (SSSR count). The van der Waals surface area contributed by atoms with Gasteiger partial charge in [-0.1, -0.05) is 53.8 Å². The monoisotopic (exact) mass is 449 g/mol. The number of thiazole rings is 1. The Kier molecular flexibility index (Phi) is 5.40. The van der Waals surface area contributed by atoms with Gasteiger partial charge in [-0.05, 0) is 30.5 Å². The van der Waals surface area contributed by atoms with E-state index in [4.69, 9.17) is 0 Å². The van der Waals surface area contributed by atoms with Crippen LogP contribution >= 0.6 is 11.3 Å². The Labute approximate surface area is 187 Å². The zero-order valence-electron chi connectivity index (χ0n) is 17.0. The zero-order valence-corrected chi connectivity index (χ0v) is 17.9. The first-order chi connectivity index (χ1) is 15.6. The topological polar surface area (TPSA) is 91.0 Å². The molecule has 2 aromatic carbocycles. The molecular weight excluding hydrogens is 429 g/mol. The molecule has 3 heterocycles. The van der Waals surface area contributed by atoms with Gasteiger partial charge in [0.05, 0.1) is 5.56 Å². The average Bonchev–Trinajstić information content (AvgIpc) is 3.46. The molecule has 2 aromatic heterocycles. The van der Waals surface area contributed by atoms with Gasteiger partial charge in [0.15, 0.2) is 15.5 Å². The van der Waals surface area contributed by atoms with E-state index < -0.39 is 11.4 Å². The van der Waals surface area contributed by atoms with Crippen LogP contribution in [-0.4, -0.2) is 33.4 Å². The fraction of sp³-hybridized carbons (Fsp3) is 0.217. The molecule has 1 unspecified atom stereocenters. The first kappa shape index (κ1) is 20.3. The summed E-state index contributed by atoms with van der Waals surface area (Å²) in [5.74, 6) is -0.372. The number of halogens is 1. The van der Waals surface area contributed by atoms with Crippen LogP contribution in [-0.2, 0) is 11.3 Å². The Balaban J connectivity index is 1.41. The van der Waals surface area contributed by atoms with Crippen molar-refractivity contribution < 1.29 is 9.18 Å². The van der Waals surface area contributed by atoms with Gasteiger partial charge in [-0.2, -0.15) is 0 Å². The number of nitrogens with one attached hydrogen (secondary N) is 2. The van der Waals surface area contributed by atoms with Crippen LogP contribution in [0.2, 0.25) is 0 Å². The molecule has 0 bridgehead atoms. The molecule has 1 amide bonds. The van der Waals surface area contributed by atoms with Crippen LogP contribution in [0.1, 0.15) is 18.4 Å². The third-order valence-corrected chi connectivity index (χ3v) is 6.48. The maximum atomic E-state index is 14.2. The highest BCUT2D eigenvalue weighted by atomic mass is 32.1. The van der Waals surface area contributed by atoms with Crippen LogP contribution in [0.25, 0.3) is 21.7 Å². The molecule has 1 atom stereocenters. The van der Waals surface area contributed by atoms with E-state index in [0.29, 0.717) is 29.5 Å². The number of nitrogens with zero attached hydrogens (tertiary/aromatic N) is 3. The Hall–Kier alpha value is -3.59. The first-order valence-electron chi connectivity index (χ1n) is 10.3. The molecule has 1 aliphatic heterocycles. The summed E-state index contributed by atoms with van der Waals surface area (Å²) in [6, 6.07) is 15.5. The summed E-state index contributed by atoms with van der Waals surface area (Å²) >= 11 is 1.24. The molecule has 0 radical (unpaired) electrons. The van der Waals surface area contributed by atoms with Crippen molar-refractivity contribution in [3.63, 3.8) is 0 Å². The van der Waals surface area contributed by atoms with Crippen molar-refractivity contribution in [2.75, 3.05) is 11.4 Å². The highest BCUT2D eigenvalue weighted by Gasteiger charge is 2.33. The number of benzene rings is 2. The van der Waals surface area contributed by atoms with Crippen LogP contribution < -0.4 is 15.8 Å². The molecule has 0 saturated carbocycles. The molecule has 32 heavy (non-hydrogen) atoms. The SMILES string of the molecule is O=C(NCc1ccccc1)C1CCCN1c1nc2c(=O)[nH]c(-c3ccccc3F)nc2s1. The van der Waals surface area contributed by atoms with E-state index in [2.05, 4.69) is 20.3 Å². The van der Waals surface area contributed by atoms with E-state index in [-0.39, 0.29) is 28.9 Å². The van der Waals surface area contributed by atoms with Crippen molar-refractivity contribution in [1.29, 1.82) is 0 Å². The number of carbonyl (C=O) groups excluding carboxylic acids is 1. The Morgan fingerprint density at radius 2 is 1.94 bits per heavy atom. The molecule has 7 nitrogen and oxygen atoms in total. The summed E-state index contributed by atoms with van der Waals surface area (Å²) < 4.78 is 14.2. The van der Waals surface area contributed by atoms with E-state index in [1.165, 1.54) is 17.4 Å². The quantitative estimate of drug-likeness (QED) is 0.487. The van der Waals surface area contributed by atoms with E-state index in [0.717, 1.165) is 12.0 Å². The second-order valence-corrected chi connectivity index (χ2v) is 8.56. The molecule has 1 aliphatic rings. The van der Waals surface area contributed by atoms with Crippen LogP contribution in [0.5, 0.6) is 0 Å². The van der Waals surface area contributed by atoms with Gasteiger partial charge in [0.2, 0.25) is 5.91 Å². The smallest absolute Gasteiger partial charge is 0.278 e. The maximum absolute atomic E-state index is 14.2. The number of rotatable bonds is 5. The molecule has 9 heteroatoms. The fourth-order valence-corrected chi connectivity index (χ4v) is 4.91. The molecule has 1 saturated heterocycles. The molecule has 2 N–H and O–H groups in total. The molecule has 0 spiro atoms. The van der Waals surface area contributed by atoms with Gasteiger partial charge in [0.25, 0.3) is 5.56 Å². The highest BCUT2D eigenvalue weighted by Crippen LogP contribution is 2.32. The summed E-state index contributed by atoms with van der Waals surface area (Å²) in [5.41, 5.74) is 1.02. The molecular formula is C23H20FN5O2S. The van der Waals surface area contributed by atoms with Crippen molar-refractivity contribution in [1.82, 2.24) is 20.3 Å². The maximum Gasteiger partial charge on any atom is 0.278 e. The van der Waals surface area contributed by atoms with Crippen molar-refractivity contribution in [2.45, 2.75) is 25.4 Å². The van der Waals surface area contributed by atoms with Gasteiger partial charge in [0, 0.05) is 13.1 Å². The van der Waals surface area contributed by atoms with Gasteiger partial charge in [0.1, 0.15) is 17.7 Å². The van der Waals surface area contributed by atoms with Crippen LogP contribution in [0, 0.1) is 5.82 Å². The molecule has 0 aliphatic carbocycles. The number of aromatic amines is 1. The molecule has 162 valence electrons. The Bertz CT molecular complexity index is 1340. The first-order valence-corrected chi connectivity index (χ1v) is 11.2. The number of amides is 1. The Morgan fingerprint density at radius 3 is 2.75 bits per heavy atom. The largest absolute Gasteiger partial charge is 0.350 e. The third kappa shape index (κ3) is 3.87. The van der Waals surface area contributed by atoms with Crippen LogP contribution in [0.4, 0.5) is 9.52 Å². The van der Waals surface area contributed by atoms with Crippen molar-refractivity contribution in [2.24, 2.45) is 0 Å². The summed E-state index contributed by atoms with van der Waals surface area (Å²) in [4.78, 5) is 39.3. The predicted molar refractivity (Wildman–Crippen MR) is 122 cm³/mol. The lowest BCUT2D eigenvalue weighted by molar-refractivity contribution is -0.122. The second kappa shape index (κ2) is 8.51. The van der Waals surface area contributed by atoms with Gasteiger partial charge in [-0.25, -0.2) is 14.4 Å². The Morgan fingerprint density at radius 1 is 1.16 bits per heavy atom. The summed E-state index contributed by atoms with van der Waals surface area (Å²) in [6.07, 6.45) is 1.56. The summed E-state index contributed by atoms with van der Waals surface area (Å²) in [7, 11) is 0. The summed E-state index contributed by atoms with van der Waals surface area (Å²) in [5, 5.41) is 3.56. The van der Waals surface area contributed by atoms with E-state index in [1.807, 2.05) is 35.2 Å². The van der Waals surface area contributed by atoms with Gasteiger partial charge in [-0.15, -0.1) is 0 Å². The van der Waals surface area contributed by atoms with Gasteiger partial charge >= 0.3 is 0 Å². The standard InChI is InChI=1S/C23H20FN5O2S/c24-16-10-5-4-9-15(16)19-27-21(31)18-22(28-19)32-23(26-18)29-12-6-11-17(29)20(30)25-13-14-7-2-1-3-8-14/h1-5,7-10,17H,6,11-13H2,(H,25,30)(H,27,28,31). The van der Waals surface area contributed by atoms with Gasteiger partial charge < -0.3 is 15.2 Å². The van der Waals surface area contributed by atoms with E-state index >= 15 is 0 Å². The van der Waals surface area contributed by atoms with Crippen molar-refractivity contribution in [3.05, 3.63) is 76.3 Å². The van der Waals surface area contributed by atoms with Crippen molar-refractivity contribution in [3.8, 4) is 11.4 Å². The zero-order chi connectivity index (χ0) is 22.1. The number of fused-ring (bicyclic) bond motifs is 1. The minimum absolute atomic E-state index is 0.0699. The lowest BCUT2D eigenvalue weighted by atomic mass is 10.2. The van der Waals surface area contributed by atoms with E-state index in [9.17, 15) is 14.0 Å². The second-order valence-electron chi connectivity index (χ2n) is 7.60. The molecule has 4 aromatic rings. The van der Waals surface area contributed by atoms with Crippen LogP contribution in [0.15, 0.2) is 59.4 Å². The number of hydrogen-bond donors (Lipinski definition) is 2. The molecule has 1 fully saturated rings. The number of carbonyl (C=O) groups is 1. The predicted octanol–water partition coefficient (Wildman–Crippen LogP) is 3.47. The number of hydrogen-bond acceptors (Lipinski definition) is 6. The normalized spacial score (nSPS) is 15.9. The lowest BCUT2D eigenvalue weighted by Gasteiger charge is -2.23. The average molecular weight is 450 g/mol. The number of H-pyrrole nitrogens is 1. The lowest BCUT2D eigenvalue weighted by Crippen LogP contribution is -2.43. The third-order valence-electron chi connectivity index (χ3n) is 5.50. The number of anilines is 1. The fourth-order valence-electron chi connectivity index (χ4n) is 3.90. The minimum Gasteiger partial charge on any atom is -0.350 e. The van der Waals surface area contributed by atoms with Gasteiger partial charge in [-0.3, -0.25) is 9.59 Å². The highest BCUT2D eigenvalue weighted by molar-refractivity contribution is 7.21. The van der Waals surface area contributed by atoms with Crippen molar-refractivity contribution >= 4 is 32.7 Å².